The monoisotopic (exact) mass is 285 g/mol. The molecule has 3 nitrogen and oxygen atoms in total. The van der Waals surface area contributed by atoms with Crippen LogP contribution in [-0.4, -0.2) is 9.97 Å². The van der Waals surface area contributed by atoms with Gasteiger partial charge < -0.3 is 9.72 Å². The number of hydrogen-bond donors (Lipinski definition) is 1. The zero-order chi connectivity index (χ0) is 14.8. The molecule has 2 heterocycles. The lowest BCUT2D eigenvalue weighted by Gasteiger charge is -2.10. The molecule has 0 saturated carbocycles. The fourth-order valence-corrected chi connectivity index (χ4v) is 2.50. The molecule has 2 aromatic carbocycles. The zero-order valence-corrected chi connectivity index (χ0v) is 11.8. The van der Waals surface area contributed by atoms with Crippen LogP contribution in [0.15, 0.2) is 73.1 Å². The largest absolute Gasteiger partial charge is 0.456 e. The molecule has 0 unspecified atom stereocenters. The highest BCUT2D eigenvalue weighted by molar-refractivity contribution is 5.95. The van der Waals surface area contributed by atoms with E-state index in [1.807, 2.05) is 66.9 Å². The maximum atomic E-state index is 5.99. The summed E-state index contributed by atoms with van der Waals surface area (Å²) in [6, 6.07) is 22.7. The number of rotatable bonds is 3. The minimum absolute atomic E-state index is 0.707. The second-order valence-electron chi connectivity index (χ2n) is 4.93. The number of ether oxygens (including phenoxy) is 1. The fraction of sp³-hybridized carbons (Fsp3) is 0. The Morgan fingerprint density at radius 2 is 1.82 bits per heavy atom. The van der Waals surface area contributed by atoms with Gasteiger partial charge in [0.25, 0.3) is 0 Å². The summed E-state index contributed by atoms with van der Waals surface area (Å²) in [7, 11) is 0. The number of benzene rings is 2. The quantitative estimate of drug-likeness (QED) is 0.586. The van der Waals surface area contributed by atoms with Gasteiger partial charge in [-0.25, -0.2) is 4.98 Å². The van der Waals surface area contributed by atoms with Crippen molar-refractivity contribution in [1.82, 2.24) is 9.97 Å². The van der Waals surface area contributed by atoms with E-state index in [1.165, 1.54) is 0 Å². The van der Waals surface area contributed by atoms with Crippen LogP contribution in [0.25, 0.3) is 22.2 Å². The van der Waals surface area contributed by atoms with Gasteiger partial charge in [-0.3, -0.25) is 0 Å². The van der Waals surface area contributed by atoms with Crippen LogP contribution < -0.4 is 4.74 Å². The molecule has 0 aliphatic rings. The van der Waals surface area contributed by atoms with E-state index < -0.39 is 0 Å². The maximum absolute atomic E-state index is 5.99. The molecule has 1 radical (unpaired) electrons. The molecule has 0 aliphatic heterocycles. The summed E-state index contributed by atoms with van der Waals surface area (Å²) in [4.78, 5) is 7.53. The van der Waals surface area contributed by atoms with Gasteiger partial charge in [-0.05, 0) is 24.3 Å². The van der Waals surface area contributed by atoms with Crippen molar-refractivity contribution in [3.05, 3.63) is 79.1 Å². The minimum atomic E-state index is 0.707. The Hall–Kier alpha value is -3.07. The molecule has 3 heteroatoms. The molecule has 0 bridgehead atoms. The van der Waals surface area contributed by atoms with Crippen molar-refractivity contribution in [3.63, 3.8) is 0 Å². The number of pyridine rings is 1. The Balaban J connectivity index is 1.82. The Morgan fingerprint density at radius 3 is 2.73 bits per heavy atom. The summed E-state index contributed by atoms with van der Waals surface area (Å²) in [6.07, 6.45) is 3.74. The lowest BCUT2D eigenvalue weighted by atomic mass is 10.0. The Kier molecular flexibility index (Phi) is 3.09. The molecular formula is C19H13N2O. The van der Waals surface area contributed by atoms with Gasteiger partial charge in [-0.1, -0.05) is 36.4 Å². The molecule has 22 heavy (non-hydrogen) atoms. The Bertz CT molecular complexity index is 913. The van der Waals surface area contributed by atoms with E-state index in [0.717, 1.165) is 27.9 Å². The van der Waals surface area contributed by atoms with E-state index in [2.05, 4.69) is 16.0 Å². The molecule has 0 atom stereocenters. The standard InChI is InChI=1S/C19H13N2O/c1-2-7-14(8-3-1)22-18-11-5-4-9-15(18)17-13-21-19-16(17)10-6-12-20-19/h1-10,12-13H,(H,20,21). The molecule has 0 aliphatic carbocycles. The summed E-state index contributed by atoms with van der Waals surface area (Å²) in [6.45, 7) is 0. The molecule has 0 spiro atoms. The zero-order valence-electron chi connectivity index (χ0n) is 11.8. The van der Waals surface area contributed by atoms with Crippen molar-refractivity contribution < 1.29 is 4.74 Å². The molecule has 4 rings (SSSR count). The van der Waals surface area contributed by atoms with E-state index >= 15 is 0 Å². The molecular weight excluding hydrogens is 272 g/mol. The number of para-hydroxylation sites is 2. The number of aromatic nitrogens is 2. The van der Waals surface area contributed by atoms with Gasteiger partial charge in [-0.2, -0.15) is 0 Å². The van der Waals surface area contributed by atoms with Crippen LogP contribution >= 0.6 is 0 Å². The fourth-order valence-electron chi connectivity index (χ4n) is 2.50. The van der Waals surface area contributed by atoms with E-state index in [9.17, 15) is 0 Å². The van der Waals surface area contributed by atoms with Gasteiger partial charge in [0, 0.05) is 35.0 Å². The van der Waals surface area contributed by atoms with Crippen LogP contribution in [0.2, 0.25) is 0 Å². The van der Waals surface area contributed by atoms with Crippen LogP contribution in [-0.2, 0) is 0 Å². The van der Waals surface area contributed by atoms with Gasteiger partial charge in [0.15, 0.2) is 0 Å². The van der Waals surface area contributed by atoms with Crippen molar-refractivity contribution in [2.75, 3.05) is 0 Å². The molecule has 1 N–H and O–H groups in total. The van der Waals surface area contributed by atoms with Crippen LogP contribution in [0.1, 0.15) is 0 Å². The maximum Gasteiger partial charge on any atom is 0.143 e. The normalized spacial score (nSPS) is 10.7. The smallest absolute Gasteiger partial charge is 0.143 e. The summed E-state index contributed by atoms with van der Waals surface area (Å²) >= 11 is 0. The first-order valence-corrected chi connectivity index (χ1v) is 7.08. The number of aromatic amines is 1. The second-order valence-corrected chi connectivity index (χ2v) is 4.93. The molecule has 2 aromatic heterocycles. The number of nitrogens with one attached hydrogen (secondary N) is 1. The van der Waals surface area contributed by atoms with Crippen LogP contribution in [0, 0.1) is 6.07 Å². The summed E-state index contributed by atoms with van der Waals surface area (Å²) in [5.74, 6) is 1.50. The predicted molar refractivity (Wildman–Crippen MR) is 86.9 cm³/mol. The lowest BCUT2D eigenvalue weighted by Crippen LogP contribution is -1.87. The summed E-state index contributed by atoms with van der Waals surface area (Å²) in [5.41, 5.74) is 2.92. The average molecular weight is 285 g/mol. The third-order valence-corrected chi connectivity index (χ3v) is 3.52. The van der Waals surface area contributed by atoms with Crippen molar-refractivity contribution >= 4 is 11.0 Å². The van der Waals surface area contributed by atoms with Crippen LogP contribution in [0.4, 0.5) is 0 Å². The molecule has 0 amide bonds. The third-order valence-electron chi connectivity index (χ3n) is 3.52. The van der Waals surface area contributed by atoms with Gasteiger partial charge in [0.2, 0.25) is 0 Å². The number of H-pyrrole nitrogens is 1. The van der Waals surface area contributed by atoms with Gasteiger partial charge in [0.05, 0.1) is 0 Å². The van der Waals surface area contributed by atoms with Gasteiger partial charge >= 0.3 is 0 Å². The average Bonchev–Trinajstić information content (AvgIpc) is 3.00. The first-order chi connectivity index (χ1) is 10.9. The predicted octanol–water partition coefficient (Wildman–Crippen LogP) is 4.82. The topological polar surface area (TPSA) is 37.9 Å². The summed E-state index contributed by atoms with van der Waals surface area (Å²) in [5, 5.41) is 1.07. The number of nitrogens with zero attached hydrogens (tertiary/aromatic N) is 1. The van der Waals surface area contributed by atoms with Gasteiger partial charge in [0.1, 0.15) is 17.1 Å². The highest BCUT2D eigenvalue weighted by Crippen LogP contribution is 2.36. The Morgan fingerprint density at radius 1 is 0.909 bits per heavy atom. The molecule has 105 valence electrons. The number of hydrogen-bond acceptors (Lipinski definition) is 2. The second kappa shape index (κ2) is 5.37. The van der Waals surface area contributed by atoms with E-state index in [0.29, 0.717) is 5.75 Å². The third kappa shape index (κ3) is 2.23. The van der Waals surface area contributed by atoms with Crippen molar-refractivity contribution in [2.45, 2.75) is 0 Å². The number of fused-ring (bicyclic) bond motifs is 1. The molecule has 0 fully saturated rings. The van der Waals surface area contributed by atoms with Crippen LogP contribution in [0.5, 0.6) is 11.5 Å². The minimum Gasteiger partial charge on any atom is -0.456 e. The molecule has 4 aromatic rings. The van der Waals surface area contributed by atoms with E-state index in [4.69, 9.17) is 4.74 Å². The van der Waals surface area contributed by atoms with Gasteiger partial charge in [-0.15, -0.1) is 0 Å². The summed E-state index contributed by atoms with van der Waals surface area (Å²) < 4.78 is 5.99. The van der Waals surface area contributed by atoms with Crippen molar-refractivity contribution in [3.8, 4) is 22.6 Å². The Labute approximate surface area is 128 Å². The highest BCUT2D eigenvalue weighted by atomic mass is 16.5. The first kappa shape index (κ1) is 12.7. The van der Waals surface area contributed by atoms with E-state index in [-0.39, 0.29) is 0 Å². The van der Waals surface area contributed by atoms with Crippen molar-refractivity contribution in [1.29, 1.82) is 0 Å². The molecule has 0 saturated heterocycles. The lowest BCUT2D eigenvalue weighted by molar-refractivity contribution is 0.483. The highest BCUT2D eigenvalue weighted by Gasteiger charge is 2.12. The van der Waals surface area contributed by atoms with Crippen LogP contribution in [0.3, 0.4) is 0 Å². The van der Waals surface area contributed by atoms with Crippen molar-refractivity contribution in [2.24, 2.45) is 0 Å². The SMILES string of the molecule is [c]1cccc(-c2c[nH]c3ncccc23)c1Oc1ccccc1. The first-order valence-electron chi connectivity index (χ1n) is 7.08. The van der Waals surface area contributed by atoms with E-state index in [1.54, 1.807) is 6.20 Å².